The second-order valence-electron chi connectivity index (χ2n) is 8.10. The first-order chi connectivity index (χ1) is 17.0. The summed E-state index contributed by atoms with van der Waals surface area (Å²) < 4.78 is 4.98. The quantitative estimate of drug-likeness (QED) is 0.370. The Balaban J connectivity index is 1.58. The van der Waals surface area contributed by atoms with Crippen molar-refractivity contribution in [3.63, 3.8) is 0 Å². The summed E-state index contributed by atoms with van der Waals surface area (Å²) in [4.78, 5) is 58.3. The number of pyridine rings is 1. The number of nitrogens with zero attached hydrogens (tertiary/aromatic N) is 3. The highest BCUT2D eigenvalue weighted by Crippen LogP contribution is 2.27. The number of anilines is 1. The summed E-state index contributed by atoms with van der Waals surface area (Å²) in [5, 5.41) is 0. The third-order valence-electron chi connectivity index (χ3n) is 5.73. The van der Waals surface area contributed by atoms with E-state index in [1.54, 1.807) is 25.4 Å². The predicted octanol–water partition coefficient (Wildman–Crippen LogP) is 3.16. The first-order valence-corrected chi connectivity index (χ1v) is 11.3. The van der Waals surface area contributed by atoms with Crippen molar-refractivity contribution in [3.05, 3.63) is 95.8 Å². The van der Waals surface area contributed by atoms with Crippen LogP contribution in [-0.4, -0.2) is 46.2 Å². The Morgan fingerprint density at radius 1 is 1.00 bits per heavy atom. The van der Waals surface area contributed by atoms with Gasteiger partial charge in [-0.2, -0.15) is 0 Å². The Labute approximate surface area is 203 Å². The first kappa shape index (κ1) is 23.8. The Hall–Kier alpha value is -4.33. The van der Waals surface area contributed by atoms with Crippen LogP contribution >= 0.6 is 0 Å². The topological polar surface area (TPSA) is 96.9 Å². The van der Waals surface area contributed by atoms with Gasteiger partial charge in [-0.3, -0.25) is 19.4 Å². The maximum atomic E-state index is 13.4. The van der Waals surface area contributed by atoms with Crippen molar-refractivity contribution in [2.75, 3.05) is 11.5 Å². The van der Waals surface area contributed by atoms with Gasteiger partial charge in [0.1, 0.15) is 6.04 Å². The molecule has 8 heteroatoms. The van der Waals surface area contributed by atoms with E-state index in [1.807, 2.05) is 36.4 Å². The molecule has 0 saturated carbocycles. The molecule has 1 aliphatic rings. The number of ether oxygens (including phenoxy) is 1. The van der Waals surface area contributed by atoms with Crippen LogP contribution in [0.3, 0.4) is 0 Å². The molecular weight excluding hydrogens is 446 g/mol. The molecule has 178 valence electrons. The lowest BCUT2D eigenvalue weighted by atomic mass is 10.1. The van der Waals surface area contributed by atoms with Gasteiger partial charge in [0.15, 0.2) is 0 Å². The number of carbonyl (C=O) groups is 4. The van der Waals surface area contributed by atoms with Crippen LogP contribution in [0.4, 0.5) is 5.69 Å². The molecular formula is C27H25N3O5. The molecule has 0 radical (unpaired) electrons. The van der Waals surface area contributed by atoms with Crippen molar-refractivity contribution >= 4 is 29.4 Å². The molecule has 8 nitrogen and oxygen atoms in total. The molecule has 0 aliphatic carbocycles. The maximum absolute atomic E-state index is 13.4. The molecule has 0 spiro atoms. The Morgan fingerprint density at radius 2 is 1.71 bits per heavy atom. The zero-order valence-corrected chi connectivity index (χ0v) is 19.3. The van der Waals surface area contributed by atoms with E-state index < -0.39 is 23.8 Å². The monoisotopic (exact) mass is 471 g/mol. The summed E-state index contributed by atoms with van der Waals surface area (Å²) in [6, 6.07) is 18.0. The van der Waals surface area contributed by atoms with Gasteiger partial charge in [0, 0.05) is 18.9 Å². The Bertz CT molecular complexity index is 1210. The van der Waals surface area contributed by atoms with E-state index in [-0.39, 0.29) is 31.9 Å². The van der Waals surface area contributed by atoms with Crippen LogP contribution in [0.2, 0.25) is 0 Å². The number of hydrogen-bond donors (Lipinski definition) is 0. The van der Waals surface area contributed by atoms with E-state index in [0.29, 0.717) is 11.3 Å². The summed E-state index contributed by atoms with van der Waals surface area (Å²) in [7, 11) is 0. The zero-order valence-electron chi connectivity index (χ0n) is 19.3. The molecule has 35 heavy (non-hydrogen) atoms. The van der Waals surface area contributed by atoms with E-state index >= 15 is 0 Å². The van der Waals surface area contributed by atoms with Crippen molar-refractivity contribution < 1.29 is 23.9 Å². The van der Waals surface area contributed by atoms with E-state index in [0.717, 1.165) is 16.0 Å². The number of hydrogen-bond acceptors (Lipinski definition) is 6. The van der Waals surface area contributed by atoms with Crippen LogP contribution in [0.25, 0.3) is 0 Å². The lowest BCUT2D eigenvalue weighted by Gasteiger charge is -2.28. The SMILES string of the molecule is CCOC(=O)c1ccc(N2C(=O)CC(N(Cc3cccnc3)C(=O)Cc3ccccc3)C2=O)cc1. The number of benzene rings is 2. The van der Waals surface area contributed by atoms with Crippen molar-refractivity contribution in [1.82, 2.24) is 9.88 Å². The summed E-state index contributed by atoms with van der Waals surface area (Å²) in [5.41, 5.74) is 2.23. The van der Waals surface area contributed by atoms with Crippen molar-refractivity contribution in [2.45, 2.75) is 32.4 Å². The molecule has 2 aromatic carbocycles. The lowest BCUT2D eigenvalue weighted by Crippen LogP contribution is -2.45. The van der Waals surface area contributed by atoms with Crippen molar-refractivity contribution in [1.29, 1.82) is 0 Å². The van der Waals surface area contributed by atoms with Crippen molar-refractivity contribution in [3.8, 4) is 0 Å². The fourth-order valence-corrected chi connectivity index (χ4v) is 4.02. The smallest absolute Gasteiger partial charge is 0.338 e. The van der Waals surface area contributed by atoms with E-state index in [2.05, 4.69) is 4.98 Å². The number of imide groups is 1. The highest BCUT2D eigenvalue weighted by atomic mass is 16.5. The fraction of sp³-hybridized carbons (Fsp3) is 0.222. The van der Waals surface area contributed by atoms with Crippen LogP contribution in [0.1, 0.15) is 34.8 Å². The Morgan fingerprint density at radius 3 is 2.37 bits per heavy atom. The maximum Gasteiger partial charge on any atom is 0.338 e. The fourth-order valence-electron chi connectivity index (χ4n) is 4.02. The predicted molar refractivity (Wildman–Crippen MR) is 128 cm³/mol. The van der Waals surface area contributed by atoms with Gasteiger partial charge in [-0.15, -0.1) is 0 Å². The molecule has 4 rings (SSSR count). The van der Waals surface area contributed by atoms with E-state index in [9.17, 15) is 19.2 Å². The molecule has 1 fully saturated rings. The highest BCUT2D eigenvalue weighted by molar-refractivity contribution is 6.23. The summed E-state index contributed by atoms with van der Waals surface area (Å²) in [5.74, 6) is -1.63. The molecule has 2 heterocycles. The highest BCUT2D eigenvalue weighted by Gasteiger charge is 2.44. The minimum atomic E-state index is -0.941. The lowest BCUT2D eigenvalue weighted by molar-refractivity contribution is -0.138. The summed E-state index contributed by atoms with van der Waals surface area (Å²) >= 11 is 0. The summed E-state index contributed by atoms with van der Waals surface area (Å²) in [6.07, 6.45) is 3.24. The zero-order chi connectivity index (χ0) is 24.8. The molecule has 1 saturated heterocycles. The van der Waals surface area contributed by atoms with Crippen LogP contribution in [0.15, 0.2) is 79.1 Å². The van der Waals surface area contributed by atoms with E-state index in [4.69, 9.17) is 4.74 Å². The van der Waals surface area contributed by atoms with Crippen LogP contribution < -0.4 is 4.90 Å². The summed E-state index contributed by atoms with van der Waals surface area (Å²) in [6.45, 7) is 2.11. The van der Waals surface area contributed by atoms with Gasteiger partial charge in [-0.25, -0.2) is 9.69 Å². The molecule has 1 aromatic heterocycles. The second-order valence-corrected chi connectivity index (χ2v) is 8.10. The third kappa shape index (κ3) is 5.43. The third-order valence-corrected chi connectivity index (χ3v) is 5.73. The number of aromatic nitrogens is 1. The molecule has 1 aliphatic heterocycles. The minimum absolute atomic E-state index is 0.104. The normalized spacial score (nSPS) is 15.2. The van der Waals surface area contributed by atoms with Gasteiger partial charge in [0.25, 0.3) is 5.91 Å². The molecule has 0 bridgehead atoms. The standard InChI is InChI=1S/C27H25N3O5/c1-2-35-27(34)21-10-12-22(13-11-21)30-25(32)16-23(26(30)33)29(18-20-9-6-14-28-17-20)24(31)15-19-7-4-3-5-8-19/h3-14,17,23H,2,15-16,18H2,1H3. The van der Waals surface area contributed by atoms with Gasteiger partial charge < -0.3 is 9.64 Å². The minimum Gasteiger partial charge on any atom is -0.462 e. The molecule has 1 atom stereocenters. The van der Waals surface area contributed by atoms with Crippen molar-refractivity contribution in [2.24, 2.45) is 0 Å². The molecule has 3 aromatic rings. The number of carbonyl (C=O) groups excluding carboxylic acids is 4. The molecule has 0 N–H and O–H groups in total. The van der Waals surface area contributed by atoms with Crippen LogP contribution in [0.5, 0.6) is 0 Å². The number of rotatable bonds is 8. The molecule has 1 unspecified atom stereocenters. The number of esters is 1. The first-order valence-electron chi connectivity index (χ1n) is 11.3. The second kappa shape index (κ2) is 10.7. The average molecular weight is 472 g/mol. The van der Waals surface area contributed by atoms with Crippen LogP contribution in [0, 0.1) is 0 Å². The number of amides is 3. The van der Waals surface area contributed by atoms with Gasteiger partial charge in [-0.05, 0) is 48.4 Å². The van der Waals surface area contributed by atoms with Crippen LogP contribution in [-0.2, 0) is 32.1 Å². The van der Waals surface area contributed by atoms with Gasteiger partial charge >= 0.3 is 5.97 Å². The molecule has 3 amide bonds. The van der Waals surface area contributed by atoms with E-state index in [1.165, 1.54) is 29.2 Å². The largest absolute Gasteiger partial charge is 0.462 e. The average Bonchev–Trinajstić information content (AvgIpc) is 3.17. The van der Waals surface area contributed by atoms with Gasteiger partial charge in [0.05, 0.1) is 30.7 Å². The Kier molecular flexibility index (Phi) is 7.30. The van der Waals surface area contributed by atoms with Gasteiger partial charge in [-0.1, -0.05) is 36.4 Å². The van der Waals surface area contributed by atoms with Gasteiger partial charge in [0.2, 0.25) is 11.8 Å².